The largest absolute Gasteiger partial charge is 0.366 e. The maximum absolute atomic E-state index is 14.2. The van der Waals surface area contributed by atoms with Gasteiger partial charge in [-0.15, -0.1) is 0 Å². The third-order valence-electron chi connectivity index (χ3n) is 4.59. The van der Waals surface area contributed by atoms with E-state index >= 15 is 0 Å². The predicted octanol–water partition coefficient (Wildman–Crippen LogP) is 2.21. The second kappa shape index (κ2) is 6.37. The summed E-state index contributed by atoms with van der Waals surface area (Å²) in [5.41, 5.74) is 1.78. The fourth-order valence-corrected chi connectivity index (χ4v) is 4.78. The van der Waals surface area contributed by atoms with E-state index in [9.17, 15) is 12.8 Å². The van der Waals surface area contributed by atoms with E-state index in [4.69, 9.17) is 0 Å². The number of benzene rings is 1. The maximum atomic E-state index is 14.2. The van der Waals surface area contributed by atoms with Crippen molar-refractivity contribution in [3.8, 4) is 0 Å². The zero-order valence-corrected chi connectivity index (χ0v) is 15.1. The summed E-state index contributed by atoms with van der Waals surface area (Å²) in [6.07, 6.45) is 3.19. The second-order valence-electron chi connectivity index (χ2n) is 6.42. The Morgan fingerprint density at radius 2 is 2.04 bits per heavy atom. The Kier molecular flexibility index (Phi) is 4.16. The lowest BCUT2D eigenvalue weighted by molar-refractivity contribution is 0.485. The summed E-state index contributed by atoms with van der Waals surface area (Å²) in [7, 11) is -4.07. The van der Waals surface area contributed by atoms with Crippen LogP contribution < -0.4 is 10.2 Å². The van der Waals surface area contributed by atoms with E-state index in [1.54, 1.807) is 24.5 Å². The Bertz CT molecular complexity index is 1060. The van der Waals surface area contributed by atoms with Crippen LogP contribution in [0.15, 0.2) is 53.7 Å². The number of nitrogens with zero attached hydrogens (tertiary/aromatic N) is 3. The molecule has 26 heavy (non-hydrogen) atoms. The minimum absolute atomic E-state index is 0.286. The molecule has 1 aromatic carbocycles. The van der Waals surface area contributed by atoms with Gasteiger partial charge in [0.1, 0.15) is 16.2 Å². The van der Waals surface area contributed by atoms with Crippen LogP contribution in [0.25, 0.3) is 11.0 Å². The van der Waals surface area contributed by atoms with Crippen molar-refractivity contribution in [1.29, 1.82) is 0 Å². The summed E-state index contributed by atoms with van der Waals surface area (Å²) in [6, 6.07) is 9.06. The van der Waals surface area contributed by atoms with E-state index in [0.717, 1.165) is 35.4 Å². The molecule has 136 valence electrons. The summed E-state index contributed by atoms with van der Waals surface area (Å²) in [6.45, 7) is 4.38. The molecule has 0 spiro atoms. The van der Waals surface area contributed by atoms with Crippen LogP contribution in [-0.2, 0) is 10.0 Å². The van der Waals surface area contributed by atoms with E-state index in [1.165, 1.54) is 18.2 Å². The molecule has 8 heteroatoms. The molecule has 0 saturated carbocycles. The van der Waals surface area contributed by atoms with Crippen molar-refractivity contribution in [2.75, 3.05) is 24.5 Å². The van der Waals surface area contributed by atoms with Gasteiger partial charge in [0.15, 0.2) is 0 Å². The Labute approximate surface area is 151 Å². The molecule has 1 fully saturated rings. The number of nitrogens with one attached hydrogen (secondary N) is 1. The predicted molar refractivity (Wildman–Crippen MR) is 98.4 cm³/mol. The highest BCUT2D eigenvalue weighted by atomic mass is 32.2. The first-order valence-electron chi connectivity index (χ1n) is 8.43. The van der Waals surface area contributed by atoms with Crippen LogP contribution >= 0.6 is 0 Å². The molecule has 0 amide bonds. The van der Waals surface area contributed by atoms with Gasteiger partial charge < -0.3 is 10.2 Å². The number of rotatable bonds is 3. The number of pyridine rings is 1. The van der Waals surface area contributed by atoms with E-state index in [2.05, 4.69) is 22.1 Å². The second-order valence-corrected chi connectivity index (χ2v) is 8.20. The van der Waals surface area contributed by atoms with E-state index in [0.29, 0.717) is 11.0 Å². The highest BCUT2D eigenvalue weighted by Crippen LogP contribution is 2.31. The summed E-state index contributed by atoms with van der Waals surface area (Å²) < 4.78 is 41.5. The van der Waals surface area contributed by atoms with Crippen molar-refractivity contribution >= 4 is 26.7 Å². The maximum Gasteiger partial charge on any atom is 0.271 e. The molecule has 1 aliphatic rings. The van der Waals surface area contributed by atoms with Gasteiger partial charge in [-0.25, -0.2) is 16.8 Å². The lowest BCUT2D eigenvalue weighted by atomic mass is 10.2. The Morgan fingerprint density at radius 1 is 1.23 bits per heavy atom. The van der Waals surface area contributed by atoms with Crippen molar-refractivity contribution in [1.82, 2.24) is 14.3 Å². The van der Waals surface area contributed by atoms with Crippen LogP contribution in [0.3, 0.4) is 0 Å². The number of anilines is 1. The fourth-order valence-electron chi connectivity index (χ4n) is 3.36. The van der Waals surface area contributed by atoms with Gasteiger partial charge in [-0.05, 0) is 31.2 Å². The van der Waals surface area contributed by atoms with Gasteiger partial charge in [0.25, 0.3) is 10.0 Å². The summed E-state index contributed by atoms with van der Waals surface area (Å²) in [5.74, 6) is -0.768. The topological polar surface area (TPSA) is 67.2 Å². The summed E-state index contributed by atoms with van der Waals surface area (Å²) >= 11 is 0. The molecule has 0 aliphatic carbocycles. The molecule has 1 atom stereocenters. The first-order chi connectivity index (χ1) is 12.5. The van der Waals surface area contributed by atoms with Crippen LogP contribution in [0.1, 0.15) is 6.92 Å². The molecule has 3 aromatic rings. The first kappa shape index (κ1) is 17.0. The SMILES string of the molecule is CC1CN(c2cn(S(=O)(=O)c3ccccc3F)c3cccnc23)CCN1. The lowest BCUT2D eigenvalue weighted by Crippen LogP contribution is -2.49. The van der Waals surface area contributed by atoms with Crippen LogP contribution in [0.5, 0.6) is 0 Å². The van der Waals surface area contributed by atoms with E-state index in [-0.39, 0.29) is 10.9 Å². The monoisotopic (exact) mass is 374 g/mol. The van der Waals surface area contributed by atoms with Crippen LogP contribution in [0.4, 0.5) is 10.1 Å². The van der Waals surface area contributed by atoms with E-state index in [1.807, 2.05) is 0 Å². The Balaban J connectivity index is 1.90. The molecular weight excluding hydrogens is 355 g/mol. The average molecular weight is 374 g/mol. The summed E-state index contributed by atoms with van der Waals surface area (Å²) in [5, 5.41) is 3.36. The van der Waals surface area contributed by atoms with Crippen LogP contribution in [0, 0.1) is 5.82 Å². The highest BCUT2D eigenvalue weighted by Gasteiger charge is 2.27. The van der Waals surface area contributed by atoms with Crippen molar-refractivity contribution in [2.24, 2.45) is 0 Å². The molecule has 2 aromatic heterocycles. The molecule has 3 heterocycles. The molecule has 6 nitrogen and oxygen atoms in total. The minimum Gasteiger partial charge on any atom is -0.366 e. The zero-order chi connectivity index (χ0) is 18.3. The minimum atomic E-state index is -4.07. The third kappa shape index (κ3) is 2.75. The zero-order valence-electron chi connectivity index (χ0n) is 14.3. The quantitative estimate of drug-likeness (QED) is 0.761. The molecule has 1 saturated heterocycles. The third-order valence-corrected chi connectivity index (χ3v) is 6.30. The number of fused-ring (bicyclic) bond motifs is 1. The molecular formula is C18H19FN4O2S. The summed E-state index contributed by atoms with van der Waals surface area (Å²) in [4.78, 5) is 6.16. The van der Waals surface area contributed by atoms with E-state index < -0.39 is 15.8 Å². The van der Waals surface area contributed by atoms with Crippen molar-refractivity contribution in [3.63, 3.8) is 0 Å². The molecule has 1 aliphatic heterocycles. The number of hydrogen-bond acceptors (Lipinski definition) is 5. The molecule has 0 bridgehead atoms. The first-order valence-corrected chi connectivity index (χ1v) is 9.87. The van der Waals surface area contributed by atoms with Crippen LogP contribution in [-0.4, -0.2) is 43.1 Å². The van der Waals surface area contributed by atoms with Gasteiger partial charge in [-0.1, -0.05) is 12.1 Å². The molecule has 1 N–H and O–H groups in total. The number of aromatic nitrogens is 2. The lowest BCUT2D eigenvalue weighted by Gasteiger charge is -2.32. The van der Waals surface area contributed by atoms with Gasteiger partial charge in [0.2, 0.25) is 0 Å². The van der Waals surface area contributed by atoms with Gasteiger partial charge in [0.05, 0.1) is 11.2 Å². The molecule has 4 rings (SSSR count). The Hall–Kier alpha value is -2.45. The fraction of sp³-hybridized carbons (Fsp3) is 0.278. The van der Waals surface area contributed by atoms with Gasteiger partial charge >= 0.3 is 0 Å². The normalized spacial score (nSPS) is 18.4. The Morgan fingerprint density at radius 3 is 2.81 bits per heavy atom. The van der Waals surface area contributed by atoms with Crippen LogP contribution in [0.2, 0.25) is 0 Å². The van der Waals surface area contributed by atoms with Crippen molar-refractivity contribution < 1.29 is 12.8 Å². The average Bonchev–Trinajstić information content (AvgIpc) is 3.02. The molecule has 1 unspecified atom stereocenters. The van der Waals surface area contributed by atoms with Gasteiger partial charge in [-0.2, -0.15) is 0 Å². The van der Waals surface area contributed by atoms with Crippen molar-refractivity contribution in [2.45, 2.75) is 17.9 Å². The number of piperazine rings is 1. The van der Waals surface area contributed by atoms with Gasteiger partial charge in [0, 0.05) is 38.1 Å². The highest BCUT2D eigenvalue weighted by molar-refractivity contribution is 7.90. The van der Waals surface area contributed by atoms with Crippen molar-refractivity contribution in [3.05, 3.63) is 54.6 Å². The van der Waals surface area contributed by atoms with Gasteiger partial charge in [-0.3, -0.25) is 4.98 Å². The number of halogens is 1. The molecule has 0 radical (unpaired) electrons. The number of hydrogen-bond donors (Lipinski definition) is 1. The standard InChI is InChI=1S/C18H19FN4O2S/c1-13-11-22(10-9-20-13)16-12-23(15-6-4-8-21-18(15)16)26(24,25)17-7-3-2-5-14(17)19/h2-8,12-13,20H,9-11H2,1H3. The smallest absolute Gasteiger partial charge is 0.271 e.